The first kappa shape index (κ1) is 20.2. The van der Waals surface area contributed by atoms with E-state index in [1.54, 1.807) is 4.90 Å². The summed E-state index contributed by atoms with van der Waals surface area (Å²) in [6.45, 7) is 13.6. The molecule has 1 aliphatic heterocycles. The fourth-order valence-corrected chi connectivity index (χ4v) is 3.02. The van der Waals surface area contributed by atoms with E-state index in [4.69, 9.17) is 4.74 Å². The summed E-state index contributed by atoms with van der Waals surface area (Å²) in [6, 6.07) is -0.0926. The lowest BCUT2D eigenvalue weighted by molar-refractivity contribution is -0.0382. The van der Waals surface area contributed by atoms with Crippen molar-refractivity contribution in [3.8, 4) is 0 Å². The summed E-state index contributed by atoms with van der Waals surface area (Å²) in [6.07, 6.45) is 0.135. The monoisotopic (exact) mass is 366 g/mol. The molecule has 26 heavy (non-hydrogen) atoms. The number of carbonyl (C=O) groups excluding carboxylic acids is 2. The molecule has 0 aliphatic carbocycles. The predicted octanol–water partition coefficient (Wildman–Crippen LogP) is 2.78. The molecule has 146 valence electrons. The van der Waals surface area contributed by atoms with Crippen LogP contribution in [0.15, 0.2) is 0 Å². The number of fused-ring (bicyclic) bond motifs is 1. The normalized spacial score (nSPS) is 17.7. The Morgan fingerprint density at radius 3 is 2.27 bits per heavy atom. The van der Waals surface area contributed by atoms with Crippen molar-refractivity contribution in [2.24, 2.45) is 0 Å². The molecule has 0 saturated heterocycles. The lowest BCUT2D eigenvalue weighted by Crippen LogP contribution is -2.46. The molecule has 1 atom stereocenters. The van der Waals surface area contributed by atoms with Gasteiger partial charge in [0.05, 0.1) is 12.1 Å². The largest absolute Gasteiger partial charge is 0.444 e. The molecular formula is C18H30N4O4. The highest BCUT2D eigenvalue weighted by atomic mass is 16.6. The minimum absolute atomic E-state index is 0.0926. The van der Waals surface area contributed by atoms with Crippen LogP contribution in [0.4, 0.5) is 4.79 Å². The Morgan fingerprint density at radius 2 is 1.81 bits per heavy atom. The summed E-state index contributed by atoms with van der Waals surface area (Å²) in [5.74, 6) is -0.594. The molecule has 1 aromatic rings. The number of ether oxygens (including phenoxy) is 1. The first-order chi connectivity index (χ1) is 11.7. The summed E-state index contributed by atoms with van der Waals surface area (Å²) in [7, 11) is 1.27. The van der Waals surface area contributed by atoms with Crippen molar-refractivity contribution in [3.63, 3.8) is 0 Å². The van der Waals surface area contributed by atoms with Gasteiger partial charge in [0.1, 0.15) is 5.60 Å². The molecule has 1 N–H and O–H groups in total. The molecule has 0 saturated carbocycles. The summed E-state index contributed by atoms with van der Waals surface area (Å²) in [4.78, 5) is 26.6. The first-order valence-electron chi connectivity index (χ1n) is 8.80. The Labute approximate surface area is 154 Å². The van der Waals surface area contributed by atoms with E-state index in [0.29, 0.717) is 17.0 Å². The molecule has 0 radical (unpaired) electrons. The van der Waals surface area contributed by atoms with Gasteiger partial charge in [-0.3, -0.25) is 14.7 Å². The van der Waals surface area contributed by atoms with Crippen LogP contribution in [0, 0.1) is 0 Å². The second-order valence-corrected chi connectivity index (χ2v) is 8.85. The van der Waals surface area contributed by atoms with Crippen LogP contribution < -0.4 is 0 Å². The number of nitrogens with zero attached hydrogens (tertiary/aromatic N) is 4. The average Bonchev–Trinajstić information content (AvgIpc) is 2.81. The third kappa shape index (κ3) is 4.00. The molecule has 0 fully saturated rings. The fraction of sp³-hybridized carbons (Fsp3) is 0.722. The highest BCUT2D eigenvalue weighted by molar-refractivity contribution is 5.93. The minimum Gasteiger partial charge on any atom is -0.444 e. The first-order valence-corrected chi connectivity index (χ1v) is 8.80. The molecule has 1 aromatic heterocycles. The van der Waals surface area contributed by atoms with Crippen LogP contribution in [0.25, 0.3) is 0 Å². The van der Waals surface area contributed by atoms with Crippen molar-refractivity contribution in [3.05, 3.63) is 17.0 Å². The highest BCUT2D eigenvalue weighted by Gasteiger charge is 2.38. The number of hydrogen-bond donors (Lipinski definition) is 1. The van der Waals surface area contributed by atoms with Gasteiger partial charge in [0.25, 0.3) is 5.91 Å². The van der Waals surface area contributed by atoms with Gasteiger partial charge in [0, 0.05) is 30.8 Å². The van der Waals surface area contributed by atoms with E-state index in [-0.39, 0.29) is 23.8 Å². The van der Waals surface area contributed by atoms with E-state index in [1.165, 1.54) is 7.05 Å². The van der Waals surface area contributed by atoms with E-state index in [0.717, 1.165) is 5.69 Å². The summed E-state index contributed by atoms with van der Waals surface area (Å²) < 4.78 is 7.32. The van der Waals surface area contributed by atoms with Crippen LogP contribution in [0.3, 0.4) is 0 Å². The summed E-state index contributed by atoms with van der Waals surface area (Å²) in [5, 5.41) is 14.6. The Hall–Kier alpha value is -2.09. The maximum Gasteiger partial charge on any atom is 0.410 e. The lowest BCUT2D eigenvalue weighted by atomic mass is 9.98. The van der Waals surface area contributed by atoms with Gasteiger partial charge in [-0.05, 0) is 48.5 Å². The average molecular weight is 366 g/mol. The van der Waals surface area contributed by atoms with Gasteiger partial charge in [-0.1, -0.05) is 0 Å². The smallest absolute Gasteiger partial charge is 0.410 e. The zero-order valence-electron chi connectivity index (χ0n) is 17.0. The van der Waals surface area contributed by atoms with Crippen molar-refractivity contribution in [1.82, 2.24) is 19.7 Å². The lowest BCUT2D eigenvalue weighted by Gasteiger charge is -2.36. The molecule has 0 bridgehead atoms. The van der Waals surface area contributed by atoms with Gasteiger partial charge >= 0.3 is 6.09 Å². The Morgan fingerprint density at radius 1 is 1.23 bits per heavy atom. The molecule has 8 heteroatoms. The molecule has 2 heterocycles. The van der Waals surface area contributed by atoms with Gasteiger partial charge in [0.2, 0.25) is 0 Å². The van der Waals surface area contributed by atoms with E-state index < -0.39 is 17.6 Å². The van der Waals surface area contributed by atoms with Crippen molar-refractivity contribution >= 4 is 12.0 Å². The number of aromatic nitrogens is 2. The molecular weight excluding hydrogens is 336 g/mol. The van der Waals surface area contributed by atoms with Crippen LogP contribution in [-0.4, -0.2) is 55.6 Å². The van der Waals surface area contributed by atoms with Crippen molar-refractivity contribution in [1.29, 1.82) is 0 Å². The number of amides is 2. The van der Waals surface area contributed by atoms with E-state index >= 15 is 0 Å². The SMILES string of the molecule is C[C@@H]1Cc2c(c(C(=O)N(C)O)nn2C(C)(C)C)CN1C(=O)OC(C)(C)C. The standard InChI is InChI=1S/C18H30N4O4/c1-11-9-13-12(10-21(11)16(24)26-18(5,6)7)14(15(23)20(8)25)19-22(13)17(2,3)4/h11,25H,9-10H2,1-8H3/t11-/m1/s1. The number of carbonyl (C=O) groups is 2. The van der Waals surface area contributed by atoms with E-state index in [9.17, 15) is 14.8 Å². The van der Waals surface area contributed by atoms with Crippen molar-refractivity contribution in [2.75, 3.05) is 7.05 Å². The van der Waals surface area contributed by atoms with Crippen LogP contribution in [-0.2, 0) is 23.2 Å². The second-order valence-electron chi connectivity index (χ2n) is 8.85. The van der Waals surface area contributed by atoms with Gasteiger partial charge in [0.15, 0.2) is 5.69 Å². The van der Waals surface area contributed by atoms with Crippen LogP contribution in [0.2, 0.25) is 0 Å². The van der Waals surface area contributed by atoms with Gasteiger partial charge in [-0.25, -0.2) is 9.86 Å². The zero-order chi connectivity index (χ0) is 20.0. The van der Waals surface area contributed by atoms with Crippen molar-refractivity contribution < 1.29 is 19.5 Å². The molecule has 0 spiro atoms. The van der Waals surface area contributed by atoms with Gasteiger partial charge in [-0.15, -0.1) is 0 Å². The number of hydroxylamine groups is 2. The summed E-state index contributed by atoms with van der Waals surface area (Å²) in [5.41, 5.74) is 0.811. The number of rotatable bonds is 1. The second kappa shape index (κ2) is 6.57. The van der Waals surface area contributed by atoms with E-state index in [1.807, 2.05) is 53.1 Å². The molecule has 0 unspecified atom stereocenters. The summed E-state index contributed by atoms with van der Waals surface area (Å²) >= 11 is 0. The van der Waals surface area contributed by atoms with Crippen molar-refractivity contribution in [2.45, 2.75) is 78.6 Å². The van der Waals surface area contributed by atoms with Crippen LogP contribution in [0.5, 0.6) is 0 Å². The quantitative estimate of drug-likeness (QED) is 0.610. The molecule has 0 aromatic carbocycles. The zero-order valence-corrected chi connectivity index (χ0v) is 17.0. The third-order valence-electron chi connectivity index (χ3n) is 4.20. The van der Waals surface area contributed by atoms with E-state index in [2.05, 4.69) is 5.10 Å². The van der Waals surface area contributed by atoms with Crippen LogP contribution >= 0.6 is 0 Å². The molecule has 2 amide bonds. The van der Waals surface area contributed by atoms with Gasteiger partial charge in [-0.2, -0.15) is 5.10 Å². The highest BCUT2D eigenvalue weighted by Crippen LogP contribution is 2.31. The third-order valence-corrected chi connectivity index (χ3v) is 4.20. The Bertz CT molecular complexity index is 710. The minimum atomic E-state index is -0.601. The fourth-order valence-electron chi connectivity index (χ4n) is 3.02. The maximum atomic E-state index is 12.6. The van der Waals surface area contributed by atoms with Crippen LogP contribution in [0.1, 0.15) is 70.2 Å². The number of hydrogen-bond acceptors (Lipinski definition) is 5. The maximum absolute atomic E-state index is 12.6. The topological polar surface area (TPSA) is 87.9 Å². The van der Waals surface area contributed by atoms with Gasteiger partial charge < -0.3 is 9.64 Å². The Balaban J connectivity index is 2.48. The molecule has 2 rings (SSSR count). The molecule has 1 aliphatic rings. The molecule has 8 nitrogen and oxygen atoms in total. The Kier molecular flexibility index (Phi) is 5.11. The predicted molar refractivity (Wildman–Crippen MR) is 96.0 cm³/mol.